The Morgan fingerprint density at radius 3 is 2.91 bits per heavy atom. The Morgan fingerprint density at radius 1 is 1.36 bits per heavy atom. The van der Waals surface area contributed by atoms with Gasteiger partial charge >= 0.3 is 0 Å². The van der Waals surface area contributed by atoms with E-state index in [1.807, 2.05) is 29.2 Å². The number of hydrogen-bond acceptors (Lipinski definition) is 3. The van der Waals surface area contributed by atoms with Crippen molar-refractivity contribution >= 4 is 18.3 Å². The molecule has 3 atom stereocenters. The highest BCUT2D eigenvalue weighted by atomic mass is 35.5. The van der Waals surface area contributed by atoms with Crippen LogP contribution in [0.4, 0.5) is 0 Å². The van der Waals surface area contributed by atoms with Crippen LogP contribution in [0.25, 0.3) is 0 Å². The summed E-state index contributed by atoms with van der Waals surface area (Å²) in [6.45, 7) is 4.25. The summed E-state index contributed by atoms with van der Waals surface area (Å²) in [5, 5.41) is 0. The van der Waals surface area contributed by atoms with Crippen molar-refractivity contribution in [2.24, 2.45) is 11.7 Å². The first-order chi connectivity index (χ1) is 10.2. The standard InChI is InChI=1S/C17H24N2O2.ClH/c1-12-6-8-19(13(10-12)11-18)17(20)15-7-9-21-16-5-3-2-4-14(15)16;/h2-5,12-13,15H,6-11,18H2,1H3;1H. The van der Waals surface area contributed by atoms with Crippen LogP contribution in [-0.2, 0) is 4.79 Å². The fourth-order valence-corrected chi connectivity index (χ4v) is 3.56. The molecule has 4 nitrogen and oxygen atoms in total. The molecule has 0 spiro atoms. The third kappa shape index (κ3) is 3.23. The predicted octanol–water partition coefficient (Wildman–Crippen LogP) is 2.56. The predicted molar refractivity (Wildman–Crippen MR) is 89.5 cm³/mol. The first-order valence-electron chi connectivity index (χ1n) is 7.93. The van der Waals surface area contributed by atoms with Gasteiger partial charge in [-0.25, -0.2) is 0 Å². The number of nitrogens with two attached hydrogens (primary N) is 1. The van der Waals surface area contributed by atoms with Crippen LogP contribution >= 0.6 is 12.4 Å². The maximum Gasteiger partial charge on any atom is 0.230 e. The number of para-hydroxylation sites is 1. The fraction of sp³-hybridized carbons (Fsp3) is 0.588. The average molecular weight is 325 g/mol. The van der Waals surface area contributed by atoms with Gasteiger partial charge in [-0.2, -0.15) is 0 Å². The van der Waals surface area contributed by atoms with Gasteiger partial charge in [0.05, 0.1) is 12.5 Å². The van der Waals surface area contributed by atoms with Crippen LogP contribution in [0.15, 0.2) is 24.3 Å². The number of amides is 1. The molecule has 122 valence electrons. The maximum absolute atomic E-state index is 13.0. The van der Waals surface area contributed by atoms with Crippen molar-refractivity contribution < 1.29 is 9.53 Å². The summed E-state index contributed by atoms with van der Waals surface area (Å²) >= 11 is 0. The molecule has 1 fully saturated rings. The van der Waals surface area contributed by atoms with E-state index in [9.17, 15) is 4.79 Å². The second-order valence-electron chi connectivity index (χ2n) is 6.28. The van der Waals surface area contributed by atoms with Crippen LogP contribution in [-0.4, -0.2) is 36.5 Å². The second kappa shape index (κ2) is 7.34. The zero-order valence-electron chi connectivity index (χ0n) is 13.0. The molecule has 3 unspecified atom stereocenters. The molecule has 0 saturated carbocycles. The van der Waals surface area contributed by atoms with Crippen LogP contribution in [0.2, 0.25) is 0 Å². The zero-order chi connectivity index (χ0) is 14.8. The normalized spacial score (nSPS) is 27.4. The van der Waals surface area contributed by atoms with Crippen molar-refractivity contribution in [1.82, 2.24) is 4.90 Å². The lowest BCUT2D eigenvalue weighted by Crippen LogP contribution is -2.51. The van der Waals surface area contributed by atoms with E-state index in [0.29, 0.717) is 19.1 Å². The van der Waals surface area contributed by atoms with Gasteiger partial charge in [-0.3, -0.25) is 4.79 Å². The molecule has 1 saturated heterocycles. The number of ether oxygens (including phenoxy) is 1. The van der Waals surface area contributed by atoms with Crippen molar-refractivity contribution in [2.45, 2.75) is 38.1 Å². The third-order valence-electron chi connectivity index (χ3n) is 4.79. The van der Waals surface area contributed by atoms with Crippen molar-refractivity contribution in [3.63, 3.8) is 0 Å². The lowest BCUT2D eigenvalue weighted by atomic mass is 9.87. The van der Waals surface area contributed by atoms with E-state index in [1.54, 1.807) is 0 Å². The molecule has 1 aromatic carbocycles. The summed E-state index contributed by atoms with van der Waals surface area (Å²) in [5.41, 5.74) is 6.93. The minimum absolute atomic E-state index is 0. The molecule has 1 aromatic rings. The van der Waals surface area contributed by atoms with Gasteiger partial charge in [0.1, 0.15) is 5.75 Å². The number of halogens is 1. The van der Waals surface area contributed by atoms with Gasteiger partial charge in [0.2, 0.25) is 5.91 Å². The van der Waals surface area contributed by atoms with E-state index in [2.05, 4.69) is 6.92 Å². The smallest absolute Gasteiger partial charge is 0.230 e. The van der Waals surface area contributed by atoms with Gasteiger partial charge in [-0.1, -0.05) is 25.1 Å². The van der Waals surface area contributed by atoms with Crippen molar-refractivity contribution in [3.8, 4) is 5.75 Å². The summed E-state index contributed by atoms with van der Waals surface area (Å²) in [7, 11) is 0. The molecule has 0 bridgehead atoms. The van der Waals surface area contributed by atoms with E-state index in [0.717, 1.165) is 37.1 Å². The van der Waals surface area contributed by atoms with Crippen LogP contribution in [0.3, 0.4) is 0 Å². The zero-order valence-corrected chi connectivity index (χ0v) is 13.8. The largest absolute Gasteiger partial charge is 0.493 e. The maximum atomic E-state index is 13.0. The number of piperidine rings is 1. The Morgan fingerprint density at radius 2 is 2.14 bits per heavy atom. The summed E-state index contributed by atoms with van der Waals surface area (Å²) < 4.78 is 5.67. The van der Waals surface area contributed by atoms with Crippen LogP contribution < -0.4 is 10.5 Å². The number of hydrogen-bond donors (Lipinski definition) is 1. The first-order valence-corrected chi connectivity index (χ1v) is 7.93. The average Bonchev–Trinajstić information content (AvgIpc) is 2.53. The molecule has 5 heteroatoms. The third-order valence-corrected chi connectivity index (χ3v) is 4.79. The van der Waals surface area contributed by atoms with Gasteiger partial charge in [0.15, 0.2) is 0 Å². The van der Waals surface area contributed by atoms with Gasteiger partial charge < -0.3 is 15.4 Å². The first kappa shape index (κ1) is 17.1. The number of carbonyl (C=O) groups is 1. The molecule has 0 radical (unpaired) electrons. The van der Waals surface area contributed by atoms with Crippen LogP contribution in [0.5, 0.6) is 5.75 Å². The quantitative estimate of drug-likeness (QED) is 0.909. The highest BCUT2D eigenvalue weighted by Crippen LogP contribution is 2.36. The van der Waals surface area contributed by atoms with Crippen LogP contribution in [0, 0.1) is 5.92 Å². The van der Waals surface area contributed by atoms with Crippen molar-refractivity contribution in [1.29, 1.82) is 0 Å². The Bertz CT molecular complexity index is 523. The number of fused-ring (bicyclic) bond motifs is 1. The summed E-state index contributed by atoms with van der Waals surface area (Å²) in [5.74, 6) is 1.67. The molecule has 2 aliphatic heterocycles. The summed E-state index contributed by atoms with van der Waals surface area (Å²) in [6.07, 6.45) is 2.86. The lowest BCUT2D eigenvalue weighted by molar-refractivity contribution is -0.137. The SMILES string of the molecule is CC1CCN(C(=O)C2CCOc3ccccc32)C(CN)C1.Cl. The Hall–Kier alpha value is -1.26. The molecule has 2 heterocycles. The van der Waals surface area contributed by atoms with E-state index < -0.39 is 0 Å². The number of benzene rings is 1. The van der Waals surface area contributed by atoms with Gasteiger partial charge in [0.25, 0.3) is 0 Å². The van der Waals surface area contributed by atoms with Crippen LogP contribution in [0.1, 0.15) is 37.7 Å². The highest BCUT2D eigenvalue weighted by molar-refractivity contribution is 5.85. The number of likely N-dealkylation sites (tertiary alicyclic amines) is 1. The summed E-state index contributed by atoms with van der Waals surface area (Å²) in [6, 6.07) is 8.09. The molecular weight excluding hydrogens is 300 g/mol. The van der Waals surface area contributed by atoms with E-state index >= 15 is 0 Å². The molecule has 0 aromatic heterocycles. The van der Waals surface area contributed by atoms with E-state index in [-0.39, 0.29) is 30.3 Å². The molecule has 22 heavy (non-hydrogen) atoms. The Labute approximate surface area is 138 Å². The molecule has 0 aliphatic carbocycles. The van der Waals surface area contributed by atoms with Gasteiger partial charge in [0, 0.05) is 24.7 Å². The number of nitrogens with zero attached hydrogens (tertiary/aromatic N) is 1. The monoisotopic (exact) mass is 324 g/mol. The Kier molecular flexibility index (Phi) is 5.70. The van der Waals surface area contributed by atoms with E-state index in [1.165, 1.54) is 0 Å². The van der Waals surface area contributed by atoms with E-state index in [4.69, 9.17) is 10.5 Å². The molecule has 2 aliphatic rings. The van der Waals surface area contributed by atoms with Gasteiger partial charge in [-0.15, -0.1) is 12.4 Å². The molecule has 3 rings (SSSR count). The molecule has 1 amide bonds. The minimum atomic E-state index is -0.0718. The summed E-state index contributed by atoms with van der Waals surface area (Å²) in [4.78, 5) is 15.0. The Balaban J connectivity index is 0.00000176. The highest BCUT2D eigenvalue weighted by Gasteiger charge is 2.35. The van der Waals surface area contributed by atoms with Crippen molar-refractivity contribution in [3.05, 3.63) is 29.8 Å². The molecular formula is C17H25ClN2O2. The lowest BCUT2D eigenvalue weighted by Gasteiger charge is -2.40. The number of carbonyl (C=O) groups excluding carboxylic acids is 1. The topological polar surface area (TPSA) is 55.6 Å². The second-order valence-corrected chi connectivity index (χ2v) is 6.28. The number of rotatable bonds is 2. The van der Waals surface area contributed by atoms with Crippen molar-refractivity contribution in [2.75, 3.05) is 19.7 Å². The fourth-order valence-electron chi connectivity index (χ4n) is 3.56. The molecule has 2 N–H and O–H groups in total. The minimum Gasteiger partial charge on any atom is -0.493 e. The van der Waals surface area contributed by atoms with Gasteiger partial charge in [-0.05, 0) is 31.2 Å².